The van der Waals surface area contributed by atoms with Crippen molar-refractivity contribution in [2.24, 2.45) is 11.8 Å². The van der Waals surface area contributed by atoms with Gasteiger partial charge in [-0.15, -0.1) is 0 Å². The monoisotopic (exact) mass is 311 g/mol. The van der Waals surface area contributed by atoms with Gasteiger partial charge in [0.25, 0.3) is 0 Å². The van der Waals surface area contributed by atoms with E-state index in [1.165, 1.54) is 0 Å². The summed E-state index contributed by atoms with van der Waals surface area (Å²) in [7, 11) is 0. The molecule has 0 aromatic heterocycles. The van der Waals surface area contributed by atoms with Gasteiger partial charge in [0.2, 0.25) is 5.91 Å². The fourth-order valence-electron chi connectivity index (χ4n) is 1.95. The molecule has 116 valence electrons. The van der Waals surface area contributed by atoms with Gasteiger partial charge in [-0.1, -0.05) is 6.92 Å². The zero-order chi connectivity index (χ0) is 16.0. The molecule has 1 saturated carbocycles. The van der Waals surface area contributed by atoms with E-state index in [4.69, 9.17) is 0 Å². The van der Waals surface area contributed by atoms with E-state index in [2.05, 4.69) is 5.32 Å². The molecule has 0 radical (unpaired) electrons. The van der Waals surface area contributed by atoms with E-state index in [0.717, 1.165) is 0 Å². The number of rotatable bonds is 2. The highest BCUT2D eigenvalue weighted by Crippen LogP contribution is 2.40. The van der Waals surface area contributed by atoms with Gasteiger partial charge in [-0.05, 0) is 30.5 Å². The van der Waals surface area contributed by atoms with Crippen LogP contribution in [0, 0.1) is 11.8 Å². The summed E-state index contributed by atoms with van der Waals surface area (Å²) in [6.45, 7) is 1.78. The molecule has 2 nitrogen and oxygen atoms in total. The van der Waals surface area contributed by atoms with Gasteiger partial charge >= 0.3 is 12.4 Å². The molecular weight excluding hydrogens is 300 g/mol. The molecule has 8 heteroatoms. The topological polar surface area (TPSA) is 29.1 Å². The number of alkyl halides is 6. The molecule has 1 aromatic carbocycles. The molecule has 1 fully saturated rings. The number of halogens is 6. The maximum atomic E-state index is 12.6. The predicted molar refractivity (Wildman–Crippen MR) is 62.3 cm³/mol. The number of amides is 1. The van der Waals surface area contributed by atoms with Gasteiger partial charge in [-0.3, -0.25) is 4.79 Å². The van der Waals surface area contributed by atoms with E-state index in [1.807, 2.05) is 0 Å². The number of hydrogen-bond acceptors (Lipinski definition) is 1. The third-order valence-corrected chi connectivity index (χ3v) is 3.30. The van der Waals surface area contributed by atoms with Crippen LogP contribution < -0.4 is 5.32 Å². The van der Waals surface area contributed by atoms with E-state index in [9.17, 15) is 31.1 Å². The van der Waals surface area contributed by atoms with Crippen molar-refractivity contribution in [2.45, 2.75) is 25.7 Å². The van der Waals surface area contributed by atoms with Gasteiger partial charge in [0.1, 0.15) is 0 Å². The predicted octanol–water partition coefficient (Wildman–Crippen LogP) is 4.32. The van der Waals surface area contributed by atoms with Crippen LogP contribution in [0.5, 0.6) is 0 Å². The second-order valence-corrected chi connectivity index (χ2v) is 5.10. The number of benzene rings is 1. The summed E-state index contributed by atoms with van der Waals surface area (Å²) in [6, 6.07) is 1.02. The van der Waals surface area contributed by atoms with Crippen molar-refractivity contribution in [1.82, 2.24) is 0 Å². The first kappa shape index (κ1) is 15.7. The number of hydrogen-bond donors (Lipinski definition) is 1. The van der Waals surface area contributed by atoms with Crippen LogP contribution in [0.1, 0.15) is 24.5 Å². The molecular formula is C13H11F6NO. The van der Waals surface area contributed by atoms with Crippen LogP contribution in [0.15, 0.2) is 18.2 Å². The Hall–Kier alpha value is -1.73. The minimum atomic E-state index is -4.92. The highest BCUT2D eigenvalue weighted by atomic mass is 19.4. The lowest BCUT2D eigenvalue weighted by molar-refractivity contribution is -0.143. The summed E-state index contributed by atoms with van der Waals surface area (Å²) in [5, 5.41) is 2.12. The highest BCUT2D eigenvalue weighted by molar-refractivity contribution is 5.94. The van der Waals surface area contributed by atoms with Crippen LogP contribution in [0.4, 0.5) is 32.0 Å². The molecule has 1 aromatic rings. The number of anilines is 1. The van der Waals surface area contributed by atoms with E-state index < -0.39 is 35.1 Å². The van der Waals surface area contributed by atoms with Crippen LogP contribution in [-0.4, -0.2) is 5.91 Å². The average Bonchev–Trinajstić information content (AvgIpc) is 3.04. The van der Waals surface area contributed by atoms with Crippen LogP contribution in [0.3, 0.4) is 0 Å². The van der Waals surface area contributed by atoms with Crippen molar-refractivity contribution in [1.29, 1.82) is 0 Å². The normalized spacial score (nSPS) is 22.0. The molecule has 2 atom stereocenters. The summed E-state index contributed by atoms with van der Waals surface area (Å²) in [5.74, 6) is -0.818. The summed E-state index contributed by atoms with van der Waals surface area (Å²) in [6.07, 6.45) is -9.27. The molecule has 2 rings (SSSR count). The Morgan fingerprint density at radius 2 is 1.48 bits per heavy atom. The smallest absolute Gasteiger partial charge is 0.326 e. The fourth-order valence-corrected chi connectivity index (χ4v) is 1.95. The maximum Gasteiger partial charge on any atom is 0.416 e. The maximum absolute atomic E-state index is 12.6. The van der Waals surface area contributed by atoms with Crippen molar-refractivity contribution in [3.05, 3.63) is 29.3 Å². The molecule has 0 heterocycles. The Bertz CT molecular complexity index is 531. The van der Waals surface area contributed by atoms with Crippen molar-refractivity contribution in [3.8, 4) is 0 Å². The molecule has 1 N–H and O–H groups in total. The van der Waals surface area contributed by atoms with Crippen molar-refractivity contribution in [2.75, 3.05) is 5.32 Å². The standard InChI is InChI=1S/C13H11F6NO/c1-6-2-10(6)11(21)20-9-4-7(12(14,15)16)3-8(5-9)13(17,18)19/h3-6,10H,2H2,1H3,(H,20,21). The highest BCUT2D eigenvalue weighted by Gasteiger charge is 2.40. The quantitative estimate of drug-likeness (QED) is 0.810. The molecule has 0 spiro atoms. The van der Waals surface area contributed by atoms with E-state index in [0.29, 0.717) is 18.6 Å². The van der Waals surface area contributed by atoms with Crippen molar-refractivity contribution >= 4 is 11.6 Å². The SMILES string of the molecule is CC1CC1C(=O)Nc1cc(C(F)(F)F)cc(C(F)(F)F)c1. The molecule has 0 bridgehead atoms. The van der Waals surface area contributed by atoms with Gasteiger partial charge in [-0.2, -0.15) is 26.3 Å². The Balaban J connectivity index is 2.33. The third kappa shape index (κ3) is 3.68. The second kappa shape index (κ2) is 4.92. The Labute approximate surface area is 116 Å². The van der Waals surface area contributed by atoms with Crippen LogP contribution in [0.25, 0.3) is 0 Å². The molecule has 1 aliphatic rings. The van der Waals surface area contributed by atoms with Gasteiger partial charge < -0.3 is 5.32 Å². The molecule has 1 aliphatic carbocycles. The van der Waals surface area contributed by atoms with E-state index in [1.54, 1.807) is 6.92 Å². The van der Waals surface area contributed by atoms with E-state index >= 15 is 0 Å². The number of carbonyl (C=O) groups excluding carboxylic acids is 1. The zero-order valence-corrected chi connectivity index (χ0v) is 10.8. The largest absolute Gasteiger partial charge is 0.416 e. The lowest BCUT2D eigenvalue weighted by Crippen LogP contribution is -2.17. The zero-order valence-electron chi connectivity index (χ0n) is 10.8. The van der Waals surface area contributed by atoms with Gasteiger partial charge in [-0.25, -0.2) is 0 Å². The summed E-state index contributed by atoms with van der Waals surface area (Å²) >= 11 is 0. The molecule has 21 heavy (non-hydrogen) atoms. The third-order valence-electron chi connectivity index (χ3n) is 3.30. The molecule has 0 saturated heterocycles. The Morgan fingerprint density at radius 3 is 1.81 bits per heavy atom. The Morgan fingerprint density at radius 1 is 1.05 bits per heavy atom. The van der Waals surface area contributed by atoms with Crippen LogP contribution in [-0.2, 0) is 17.1 Å². The lowest BCUT2D eigenvalue weighted by atomic mass is 10.1. The first-order valence-electron chi connectivity index (χ1n) is 6.09. The van der Waals surface area contributed by atoms with Gasteiger partial charge in [0.05, 0.1) is 11.1 Å². The molecule has 2 unspecified atom stereocenters. The first-order chi connectivity index (χ1) is 9.48. The number of carbonyl (C=O) groups is 1. The summed E-state index contributed by atoms with van der Waals surface area (Å²) < 4.78 is 75.8. The first-order valence-corrected chi connectivity index (χ1v) is 6.09. The summed E-state index contributed by atoms with van der Waals surface area (Å²) in [5.41, 5.74) is -3.39. The minimum absolute atomic E-state index is 0.0232. The second-order valence-electron chi connectivity index (χ2n) is 5.10. The van der Waals surface area contributed by atoms with Gasteiger partial charge in [0, 0.05) is 11.6 Å². The van der Waals surface area contributed by atoms with Crippen LogP contribution in [0.2, 0.25) is 0 Å². The minimum Gasteiger partial charge on any atom is -0.326 e. The number of nitrogens with one attached hydrogen (secondary N) is 1. The van der Waals surface area contributed by atoms with Crippen molar-refractivity contribution < 1.29 is 31.1 Å². The average molecular weight is 311 g/mol. The lowest BCUT2D eigenvalue weighted by Gasteiger charge is -2.14. The van der Waals surface area contributed by atoms with E-state index in [-0.39, 0.29) is 17.9 Å². The fraction of sp³-hybridized carbons (Fsp3) is 0.462. The summed E-state index contributed by atoms with van der Waals surface area (Å²) in [4.78, 5) is 11.6. The van der Waals surface area contributed by atoms with Crippen LogP contribution >= 0.6 is 0 Å². The molecule has 1 amide bonds. The molecule has 0 aliphatic heterocycles. The Kier molecular flexibility index (Phi) is 3.67. The van der Waals surface area contributed by atoms with Gasteiger partial charge in [0.15, 0.2) is 0 Å². The van der Waals surface area contributed by atoms with Crippen molar-refractivity contribution in [3.63, 3.8) is 0 Å².